The van der Waals surface area contributed by atoms with Crippen molar-refractivity contribution in [3.05, 3.63) is 84.1 Å². The molecule has 7 aromatic rings. The van der Waals surface area contributed by atoms with Gasteiger partial charge in [0.25, 0.3) is 0 Å². The van der Waals surface area contributed by atoms with Crippen LogP contribution < -0.4 is 0 Å². The van der Waals surface area contributed by atoms with Crippen molar-refractivity contribution in [2.24, 2.45) is 11.3 Å². The highest BCUT2D eigenvalue weighted by atomic mass is 14.9. The van der Waals surface area contributed by atoms with E-state index in [2.05, 4.69) is 91.9 Å². The van der Waals surface area contributed by atoms with Gasteiger partial charge >= 0.3 is 0 Å². The van der Waals surface area contributed by atoms with Crippen molar-refractivity contribution in [1.82, 2.24) is 9.38 Å². The molecule has 1 aliphatic rings. The maximum absolute atomic E-state index is 5.01. The number of aromatic nitrogens is 2. The summed E-state index contributed by atoms with van der Waals surface area (Å²) in [6.45, 7) is 6.95. The molecule has 0 unspecified atom stereocenters. The summed E-state index contributed by atoms with van der Waals surface area (Å²) in [5, 5.41) is 9.16. The molecule has 188 valence electrons. The van der Waals surface area contributed by atoms with Gasteiger partial charge in [-0.15, -0.1) is 0 Å². The van der Waals surface area contributed by atoms with Gasteiger partial charge in [-0.2, -0.15) is 0 Å². The van der Waals surface area contributed by atoms with Gasteiger partial charge in [-0.3, -0.25) is 4.98 Å². The molecule has 0 spiro atoms. The summed E-state index contributed by atoms with van der Waals surface area (Å²) >= 11 is 0. The first-order chi connectivity index (χ1) is 18.4. The quantitative estimate of drug-likeness (QED) is 0.176. The first-order valence-corrected chi connectivity index (χ1v) is 14.4. The zero-order valence-corrected chi connectivity index (χ0v) is 22.6. The van der Waals surface area contributed by atoms with Crippen molar-refractivity contribution < 1.29 is 0 Å². The molecule has 0 saturated heterocycles. The number of rotatable bonds is 3. The average Bonchev–Trinajstić information content (AvgIpc) is 3.53. The monoisotopic (exact) mass is 494 g/mol. The van der Waals surface area contributed by atoms with Gasteiger partial charge in [0, 0.05) is 27.7 Å². The molecule has 3 aromatic heterocycles. The molecule has 8 rings (SSSR count). The Kier molecular flexibility index (Phi) is 4.66. The highest BCUT2D eigenvalue weighted by Crippen LogP contribution is 2.43. The maximum atomic E-state index is 5.01. The molecule has 2 heteroatoms. The summed E-state index contributed by atoms with van der Waals surface area (Å²) in [6.07, 6.45) is 9.74. The van der Waals surface area contributed by atoms with Crippen molar-refractivity contribution in [3.63, 3.8) is 0 Å². The van der Waals surface area contributed by atoms with E-state index in [1.165, 1.54) is 97.5 Å². The highest BCUT2D eigenvalue weighted by Gasteiger charge is 2.23. The van der Waals surface area contributed by atoms with E-state index >= 15 is 0 Å². The van der Waals surface area contributed by atoms with E-state index in [4.69, 9.17) is 4.98 Å². The standard InChI is InChI=1S/C36H34N2/c1-36(2,3)21-23-11-12-25-20-31-30(19-27(25)18-23)33-32-24(15-16-37-33)13-14-29-28-10-6-9-26(17-22-7-4-5-8-22)34(28)38(31)35(29)32/h6,9-16,18-20,22H,4-5,7-8,17,21H2,1-3H3. The molecule has 2 nitrogen and oxygen atoms in total. The van der Waals surface area contributed by atoms with Crippen LogP contribution >= 0.6 is 0 Å². The van der Waals surface area contributed by atoms with Crippen LogP contribution in [-0.2, 0) is 12.8 Å². The Hall–Kier alpha value is -3.65. The van der Waals surface area contributed by atoms with Crippen molar-refractivity contribution >= 4 is 59.8 Å². The fourth-order valence-corrected chi connectivity index (χ4v) is 7.45. The first-order valence-electron chi connectivity index (χ1n) is 14.4. The lowest BCUT2D eigenvalue weighted by molar-refractivity contribution is 0.411. The van der Waals surface area contributed by atoms with Gasteiger partial charge in [-0.25, -0.2) is 0 Å². The van der Waals surface area contributed by atoms with Gasteiger partial charge in [0.2, 0.25) is 0 Å². The fourth-order valence-electron chi connectivity index (χ4n) is 7.45. The lowest BCUT2D eigenvalue weighted by Crippen LogP contribution is -2.08. The lowest BCUT2D eigenvalue weighted by Gasteiger charge is -2.19. The minimum absolute atomic E-state index is 0.263. The molecule has 0 aliphatic heterocycles. The SMILES string of the molecule is CC(C)(C)Cc1ccc2cc3c(cc2c1)c1nccc2ccc4c5cccc(CC6CCCC6)c5n3c4c21. The Morgan fingerprint density at radius 2 is 1.61 bits per heavy atom. The van der Waals surface area contributed by atoms with Crippen molar-refractivity contribution in [1.29, 1.82) is 0 Å². The van der Waals surface area contributed by atoms with E-state index in [0.717, 1.165) is 17.9 Å². The summed E-state index contributed by atoms with van der Waals surface area (Å²) in [5.74, 6) is 0.807. The Morgan fingerprint density at radius 3 is 2.45 bits per heavy atom. The number of fused-ring (bicyclic) bond motifs is 7. The Bertz CT molecular complexity index is 2010. The molecule has 1 saturated carbocycles. The number of hydrogen-bond acceptors (Lipinski definition) is 1. The fraction of sp³-hybridized carbons (Fsp3) is 0.306. The topological polar surface area (TPSA) is 17.3 Å². The summed E-state index contributed by atoms with van der Waals surface area (Å²) in [5.41, 5.74) is 8.30. The predicted octanol–water partition coefficient (Wildman–Crippen LogP) is 9.86. The Morgan fingerprint density at radius 1 is 0.789 bits per heavy atom. The smallest absolute Gasteiger partial charge is 0.0822 e. The van der Waals surface area contributed by atoms with E-state index in [1.807, 2.05) is 6.20 Å². The third kappa shape index (κ3) is 3.29. The first kappa shape index (κ1) is 22.3. The maximum Gasteiger partial charge on any atom is 0.0822 e. The van der Waals surface area contributed by atoms with Gasteiger partial charge in [-0.1, -0.05) is 95.0 Å². The minimum Gasteiger partial charge on any atom is -0.308 e. The molecule has 0 N–H and O–H groups in total. The van der Waals surface area contributed by atoms with Crippen LogP contribution in [0.4, 0.5) is 0 Å². The van der Waals surface area contributed by atoms with Crippen LogP contribution in [0.1, 0.15) is 57.6 Å². The molecule has 3 heterocycles. The van der Waals surface area contributed by atoms with Crippen molar-refractivity contribution in [2.45, 2.75) is 59.3 Å². The average molecular weight is 495 g/mol. The van der Waals surface area contributed by atoms with Gasteiger partial charge in [0.1, 0.15) is 0 Å². The number of pyridine rings is 2. The van der Waals surface area contributed by atoms with E-state index in [1.54, 1.807) is 0 Å². The minimum atomic E-state index is 0.263. The summed E-state index contributed by atoms with van der Waals surface area (Å²) in [6, 6.07) is 25.7. The molecule has 0 bridgehead atoms. The van der Waals surface area contributed by atoms with E-state index in [9.17, 15) is 0 Å². The number of para-hydroxylation sites is 1. The summed E-state index contributed by atoms with van der Waals surface area (Å²) in [7, 11) is 0. The molecule has 1 aliphatic carbocycles. The van der Waals surface area contributed by atoms with Crippen LogP contribution in [0.3, 0.4) is 0 Å². The van der Waals surface area contributed by atoms with Crippen LogP contribution in [0.25, 0.3) is 59.8 Å². The highest BCUT2D eigenvalue weighted by molar-refractivity contribution is 6.28. The molecule has 0 radical (unpaired) electrons. The van der Waals surface area contributed by atoms with Crippen LogP contribution in [0.2, 0.25) is 0 Å². The number of hydrogen-bond donors (Lipinski definition) is 0. The van der Waals surface area contributed by atoms with E-state index < -0.39 is 0 Å². The summed E-state index contributed by atoms with van der Waals surface area (Å²) in [4.78, 5) is 5.01. The molecule has 4 aromatic carbocycles. The zero-order valence-electron chi connectivity index (χ0n) is 22.6. The van der Waals surface area contributed by atoms with Gasteiger partial charge < -0.3 is 4.40 Å². The molecule has 0 atom stereocenters. The van der Waals surface area contributed by atoms with E-state index in [0.29, 0.717) is 0 Å². The van der Waals surface area contributed by atoms with Crippen molar-refractivity contribution in [2.75, 3.05) is 0 Å². The predicted molar refractivity (Wildman–Crippen MR) is 163 cm³/mol. The molecule has 0 amide bonds. The zero-order chi connectivity index (χ0) is 25.6. The van der Waals surface area contributed by atoms with Gasteiger partial charge in [0.15, 0.2) is 0 Å². The molecular weight excluding hydrogens is 460 g/mol. The second-order valence-electron chi connectivity index (χ2n) is 13.0. The van der Waals surface area contributed by atoms with Crippen LogP contribution in [-0.4, -0.2) is 9.38 Å². The second-order valence-corrected chi connectivity index (χ2v) is 13.0. The normalized spacial score (nSPS) is 15.4. The largest absolute Gasteiger partial charge is 0.308 e. The van der Waals surface area contributed by atoms with Gasteiger partial charge in [-0.05, 0) is 69.7 Å². The third-order valence-corrected chi connectivity index (χ3v) is 8.99. The Balaban J connectivity index is 1.52. The molecule has 38 heavy (non-hydrogen) atoms. The molecular formula is C36H34N2. The van der Waals surface area contributed by atoms with Crippen LogP contribution in [0, 0.1) is 11.3 Å². The lowest BCUT2D eigenvalue weighted by atomic mass is 9.87. The summed E-state index contributed by atoms with van der Waals surface area (Å²) < 4.78 is 2.60. The van der Waals surface area contributed by atoms with E-state index in [-0.39, 0.29) is 5.41 Å². The second kappa shape index (κ2) is 7.93. The number of benzene rings is 4. The molecule has 1 fully saturated rings. The number of nitrogens with zero attached hydrogens (tertiary/aromatic N) is 2. The Labute approximate surface area is 223 Å². The third-order valence-electron chi connectivity index (χ3n) is 8.99. The van der Waals surface area contributed by atoms with Gasteiger partial charge in [0.05, 0.1) is 22.1 Å². The van der Waals surface area contributed by atoms with Crippen LogP contribution in [0.15, 0.2) is 72.9 Å². The van der Waals surface area contributed by atoms with Crippen molar-refractivity contribution in [3.8, 4) is 0 Å². The van der Waals surface area contributed by atoms with Crippen LogP contribution in [0.5, 0.6) is 0 Å².